The number of aryl methyl sites for hydroxylation is 2. The minimum Gasteiger partial charge on any atom is -0.376 e. The predicted molar refractivity (Wildman–Crippen MR) is 76.3 cm³/mol. The lowest BCUT2D eigenvalue weighted by Crippen LogP contribution is -2.05. The molecule has 0 atom stereocenters. The van der Waals surface area contributed by atoms with Crippen LogP contribution >= 0.6 is 0 Å². The van der Waals surface area contributed by atoms with E-state index < -0.39 is 16.6 Å². The highest BCUT2D eigenvalue weighted by Gasteiger charge is 2.13. The number of halogens is 2. The highest BCUT2D eigenvalue weighted by Crippen LogP contribution is 2.24. The Hall–Kier alpha value is -2.50. The van der Waals surface area contributed by atoms with Crippen LogP contribution in [-0.2, 0) is 6.54 Å². The van der Waals surface area contributed by atoms with Gasteiger partial charge in [0.1, 0.15) is 11.5 Å². The van der Waals surface area contributed by atoms with E-state index in [1.54, 1.807) is 19.1 Å². The molecule has 1 N–H and O–H groups in total. The minimum atomic E-state index is -0.695. The molecule has 0 radical (unpaired) electrons. The van der Waals surface area contributed by atoms with E-state index in [1.807, 2.05) is 0 Å². The maximum Gasteiger partial charge on any atom is 0.272 e. The second-order valence-corrected chi connectivity index (χ2v) is 4.78. The highest BCUT2D eigenvalue weighted by molar-refractivity contribution is 5.50. The first-order valence-electron chi connectivity index (χ1n) is 6.32. The summed E-state index contributed by atoms with van der Waals surface area (Å²) in [5, 5.41) is 13.5. The third-order valence-corrected chi connectivity index (χ3v) is 3.22. The van der Waals surface area contributed by atoms with E-state index in [-0.39, 0.29) is 17.9 Å². The zero-order valence-corrected chi connectivity index (χ0v) is 11.6. The van der Waals surface area contributed by atoms with Crippen LogP contribution in [0.3, 0.4) is 0 Å². The first kappa shape index (κ1) is 14.9. The van der Waals surface area contributed by atoms with Crippen LogP contribution < -0.4 is 5.32 Å². The fraction of sp³-hybridized carbons (Fsp3) is 0.200. The van der Waals surface area contributed by atoms with Gasteiger partial charge in [0.2, 0.25) is 0 Å². The van der Waals surface area contributed by atoms with Crippen molar-refractivity contribution in [2.45, 2.75) is 20.4 Å². The van der Waals surface area contributed by atoms with Crippen molar-refractivity contribution in [3.05, 3.63) is 68.8 Å². The van der Waals surface area contributed by atoms with Crippen molar-refractivity contribution in [2.75, 3.05) is 5.32 Å². The molecule has 110 valence electrons. The summed E-state index contributed by atoms with van der Waals surface area (Å²) < 4.78 is 27.4. The van der Waals surface area contributed by atoms with Crippen molar-refractivity contribution in [3.8, 4) is 0 Å². The van der Waals surface area contributed by atoms with Crippen LogP contribution in [0.5, 0.6) is 0 Å². The third-order valence-electron chi connectivity index (χ3n) is 3.22. The summed E-state index contributed by atoms with van der Waals surface area (Å²) in [5.74, 6) is -1.35. The molecule has 0 unspecified atom stereocenters. The Kier molecular flexibility index (Phi) is 4.16. The van der Waals surface area contributed by atoms with Gasteiger partial charge in [-0.05, 0) is 31.0 Å². The van der Waals surface area contributed by atoms with Crippen LogP contribution in [0.1, 0.15) is 16.7 Å². The highest BCUT2D eigenvalue weighted by atomic mass is 19.1. The SMILES string of the molecule is Cc1ccc(CNc2c(F)ccc(C)c2F)cc1[N+](=O)[O-]. The van der Waals surface area contributed by atoms with Gasteiger partial charge in [-0.2, -0.15) is 0 Å². The van der Waals surface area contributed by atoms with Gasteiger partial charge in [-0.3, -0.25) is 10.1 Å². The molecule has 0 amide bonds. The number of anilines is 1. The average molecular weight is 292 g/mol. The summed E-state index contributed by atoms with van der Waals surface area (Å²) in [6.07, 6.45) is 0. The maximum absolute atomic E-state index is 13.8. The number of benzene rings is 2. The van der Waals surface area contributed by atoms with Gasteiger partial charge in [-0.15, -0.1) is 0 Å². The van der Waals surface area contributed by atoms with E-state index in [4.69, 9.17) is 0 Å². The van der Waals surface area contributed by atoms with E-state index in [2.05, 4.69) is 5.32 Å². The standard InChI is InChI=1S/C15H14F2N2O2/c1-9-3-5-11(7-13(9)19(20)21)8-18-15-12(16)6-4-10(2)14(15)17/h3-7,18H,8H2,1-2H3. The molecule has 4 nitrogen and oxygen atoms in total. The molecule has 0 heterocycles. The van der Waals surface area contributed by atoms with Gasteiger partial charge < -0.3 is 5.32 Å². The number of hydrogen-bond acceptors (Lipinski definition) is 3. The zero-order chi connectivity index (χ0) is 15.6. The van der Waals surface area contributed by atoms with Gasteiger partial charge in [0.25, 0.3) is 5.69 Å². The second kappa shape index (κ2) is 5.87. The van der Waals surface area contributed by atoms with Crippen molar-refractivity contribution in [1.82, 2.24) is 0 Å². The van der Waals surface area contributed by atoms with Gasteiger partial charge >= 0.3 is 0 Å². The Morgan fingerprint density at radius 1 is 1.14 bits per heavy atom. The van der Waals surface area contributed by atoms with Gasteiger partial charge in [0, 0.05) is 18.2 Å². The molecule has 0 saturated heterocycles. The number of hydrogen-bond donors (Lipinski definition) is 1. The fourth-order valence-corrected chi connectivity index (χ4v) is 1.97. The first-order chi connectivity index (χ1) is 9.90. The molecule has 0 aliphatic rings. The van der Waals surface area contributed by atoms with Crippen molar-refractivity contribution in [2.24, 2.45) is 0 Å². The Balaban J connectivity index is 2.23. The van der Waals surface area contributed by atoms with E-state index in [0.717, 1.165) is 0 Å². The predicted octanol–water partition coefficient (Wildman–Crippen LogP) is 4.10. The van der Waals surface area contributed by atoms with Crippen LogP contribution in [0.15, 0.2) is 30.3 Å². The Bertz CT molecular complexity index is 702. The molecule has 6 heteroatoms. The van der Waals surface area contributed by atoms with Gasteiger partial charge in [-0.25, -0.2) is 8.78 Å². The van der Waals surface area contributed by atoms with Crippen LogP contribution in [0.25, 0.3) is 0 Å². The Labute approximate surface area is 120 Å². The summed E-state index contributed by atoms with van der Waals surface area (Å²) in [5.41, 5.74) is 1.20. The molecular weight excluding hydrogens is 278 g/mol. The molecular formula is C15H14F2N2O2. The molecule has 0 fully saturated rings. The van der Waals surface area contributed by atoms with E-state index in [0.29, 0.717) is 16.7 Å². The average Bonchev–Trinajstić information content (AvgIpc) is 2.44. The lowest BCUT2D eigenvalue weighted by molar-refractivity contribution is -0.385. The molecule has 0 spiro atoms. The number of nitro groups is 1. The van der Waals surface area contributed by atoms with Crippen molar-refractivity contribution in [3.63, 3.8) is 0 Å². The zero-order valence-electron chi connectivity index (χ0n) is 11.6. The molecule has 2 aromatic carbocycles. The number of nitro benzene ring substituents is 1. The van der Waals surface area contributed by atoms with Gasteiger partial charge in [0.15, 0.2) is 5.82 Å². The maximum atomic E-state index is 13.8. The van der Waals surface area contributed by atoms with Crippen molar-refractivity contribution >= 4 is 11.4 Å². The smallest absolute Gasteiger partial charge is 0.272 e. The first-order valence-corrected chi connectivity index (χ1v) is 6.32. The number of nitrogens with one attached hydrogen (secondary N) is 1. The minimum absolute atomic E-state index is 0.0144. The fourth-order valence-electron chi connectivity index (χ4n) is 1.97. The number of nitrogens with zero attached hydrogens (tertiary/aromatic N) is 1. The van der Waals surface area contributed by atoms with E-state index >= 15 is 0 Å². The van der Waals surface area contributed by atoms with Crippen LogP contribution in [0, 0.1) is 35.6 Å². The molecule has 2 rings (SSSR count). The molecule has 0 aliphatic carbocycles. The van der Waals surface area contributed by atoms with Crippen molar-refractivity contribution in [1.29, 1.82) is 0 Å². The molecule has 0 aliphatic heterocycles. The summed E-state index contributed by atoms with van der Waals surface area (Å²) in [6, 6.07) is 7.22. The lowest BCUT2D eigenvalue weighted by atomic mass is 10.1. The second-order valence-electron chi connectivity index (χ2n) is 4.78. The van der Waals surface area contributed by atoms with Crippen LogP contribution in [0.4, 0.5) is 20.2 Å². The Morgan fingerprint density at radius 2 is 1.81 bits per heavy atom. The molecule has 0 bridgehead atoms. The topological polar surface area (TPSA) is 55.2 Å². The van der Waals surface area contributed by atoms with E-state index in [1.165, 1.54) is 25.1 Å². The van der Waals surface area contributed by atoms with Gasteiger partial charge in [0.05, 0.1) is 4.92 Å². The summed E-state index contributed by atoms with van der Waals surface area (Å²) in [4.78, 5) is 10.4. The summed E-state index contributed by atoms with van der Waals surface area (Å²) in [7, 11) is 0. The monoisotopic (exact) mass is 292 g/mol. The summed E-state index contributed by atoms with van der Waals surface area (Å²) >= 11 is 0. The molecule has 2 aromatic rings. The van der Waals surface area contributed by atoms with Crippen molar-refractivity contribution < 1.29 is 13.7 Å². The molecule has 0 aromatic heterocycles. The largest absolute Gasteiger partial charge is 0.376 e. The van der Waals surface area contributed by atoms with Gasteiger partial charge in [-0.1, -0.05) is 18.2 Å². The lowest BCUT2D eigenvalue weighted by Gasteiger charge is -2.10. The van der Waals surface area contributed by atoms with Crippen LogP contribution in [0.2, 0.25) is 0 Å². The summed E-state index contributed by atoms with van der Waals surface area (Å²) in [6.45, 7) is 3.27. The molecule has 0 saturated carbocycles. The van der Waals surface area contributed by atoms with E-state index in [9.17, 15) is 18.9 Å². The normalized spacial score (nSPS) is 10.5. The number of rotatable bonds is 4. The quantitative estimate of drug-likeness (QED) is 0.681. The molecule has 21 heavy (non-hydrogen) atoms. The Morgan fingerprint density at radius 3 is 2.48 bits per heavy atom. The third kappa shape index (κ3) is 3.16. The van der Waals surface area contributed by atoms with Crippen LogP contribution in [-0.4, -0.2) is 4.92 Å².